The van der Waals surface area contributed by atoms with Gasteiger partial charge in [-0.2, -0.15) is 0 Å². The number of benzene rings is 1. The summed E-state index contributed by atoms with van der Waals surface area (Å²) in [6.07, 6.45) is -1.24. The lowest BCUT2D eigenvalue weighted by atomic mass is 10.0. The second kappa shape index (κ2) is 3.85. The van der Waals surface area contributed by atoms with E-state index in [1.807, 2.05) is 0 Å². The van der Waals surface area contributed by atoms with E-state index in [1.54, 1.807) is 18.2 Å². The summed E-state index contributed by atoms with van der Waals surface area (Å²) in [7, 11) is 0. The molecule has 0 N–H and O–H groups in total. The summed E-state index contributed by atoms with van der Waals surface area (Å²) in [5.74, 6) is 0.0962. The van der Waals surface area contributed by atoms with Crippen LogP contribution in [0.2, 0.25) is 0 Å². The fraction of sp³-hybridized carbons (Fsp3) is 0.333. The highest BCUT2D eigenvalue weighted by Crippen LogP contribution is 2.47. The van der Waals surface area contributed by atoms with Gasteiger partial charge in [0.2, 0.25) is 0 Å². The molecule has 1 aromatic carbocycles. The van der Waals surface area contributed by atoms with Crippen molar-refractivity contribution in [3.63, 3.8) is 0 Å². The van der Waals surface area contributed by atoms with Gasteiger partial charge in [0.25, 0.3) is 0 Å². The first-order valence-electron chi connectivity index (χ1n) is 5.02. The van der Waals surface area contributed by atoms with Crippen molar-refractivity contribution in [2.75, 3.05) is 0 Å². The van der Waals surface area contributed by atoms with Crippen molar-refractivity contribution < 1.29 is 17.9 Å². The predicted molar refractivity (Wildman–Crippen MR) is 55.2 cm³/mol. The van der Waals surface area contributed by atoms with Crippen LogP contribution in [0, 0.1) is 0 Å². The molecular formula is C12H11F3O. The molecule has 0 atom stereocenters. The molecule has 86 valence electrons. The zero-order chi connectivity index (χ0) is 11.8. The first-order valence-corrected chi connectivity index (χ1v) is 5.02. The number of halogens is 3. The molecule has 0 amide bonds. The normalized spacial score (nSPS) is 15.9. The summed E-state index contributed by atoms with van der Waals surface area (Å²) < 4.78 is 40.6. The molecule has 4 heteroatoms. The van der Waals surface area contributed by atoms with Gasteiger partial charge in [-0.25, -0.2) is 0 Å². The third kappa shape index (κ3) is 2.38. The molecule has 0 saturated heterocycles. The van der Waals surface area contributed by atoms with Crippen LogP contribution < -0.4 is 4.74 Å². The minimum atomic E-state index is -4.64. The average molecular weight is 228 g/mol. The molecule has 1 nitrogen and oxygen atoms in total. The number of hydrogen-bond acceptors (Lipinski definition) is 1. The summed E-state index contributed by atoms with van der Waals surface area (Å²) in [4.78, 5) is 0. The molecule has 0 unspecified atom stereocenters. The second-order valence-corrected chi connectivity index (χ2v) is 3.79. The Hall–Kier alpha value is -1.45. The smallest absolute Gasteiger partial charge is 0.405 e. The largest absolute Gasteiger partial charge is 0.573 e. The standard InChI is InChI=1S/C12H11F3O/c1-2-8-4-3-5-10(16-12(13,14)15)11(8)9-6-7-9/h2-5,9H,1,6-7H2. The van der Waals surface area contributed by atoms with Gasteiger partial charge in [0, 0.05) is 5.56 Å². The van der Waals surface area contributed by atoms with Crippen molar-refractivity contribution in [1.82, 2.24) is 0 Å². The van der Waals surface area contributed by atoms with Crippen LogP contribution in [0.1, 0.15) is 29.9 Å². The lowest BCUT2D eigenvalue weighted by Crippen LogP contribution is -2.18. The number of rotatable bonds is 3. The first kappa shape index (κ1) is 11.0. The van der Waals surface area contributed by atoms with E-state index in [4.69, 9.17) is 0 Å². The Labute approximate surface area is 91.5 Å². The topological polar surface area (TPSA) is 9.23 Å². The SMILES string of the molecule is C=Cc1cccc(OC(F)(F)F)c1C1CC1. The Morgan fingerprint density at radius 2 is 2.00 bits per heavy atom. The fourth-order valence-electron chi connectivity index (χ4n) is 1.76. The van der Waals surface area contributed by atoms with Crippen molar-refractivity contribution >= 4 is 6.08 Å². The van der Waals surface area contributed by atoms with E-state index in [-0.39, 0.29) is 11.7 Å². The van der Waals surface area contributed by atoms with Gasteiger partial charge in [-0.3, -0.25) is 0 Å². The summed E-state index contributed by atoms with van der Waals surface area (Å²) in [5, 5.41) is 0. The maximum atomic E-state index is 12.2. The molecular weight excluding hydrogens is 217 g/mol. The molecule has 0 spiro atoms. The molecule has 0 aliphatic heterocycles. The van der Waals surface area contributed by atoms with Crippen LogP contribution in [0.25, 0.3) is 6.08 Å². The Morgan fingerprint density at radius 3 is 2.50 bits per heavy atom. The van der Waals surface area contributed by atoms with Crippen molar-refractivity contribution in [2.45, 2.75) is 25.1 Å². The van der Waals surface area contributed by atoms with Crippen LogP contribution >= 0.6 is 0 Å². The average Bonchev–Trinajstić information content (AvgIpc) is 2.98. The van der Waals surface area contributed by atoms with Crippen LogP contribution in [-0.2, 0) is 0 Å². The fourth-order valence-corrected chi connectivity index (χ4v) is 1.76. The molecule has 0 radical (unpaired) electrons. The van der Waals surface area contributed by atoms with Crippen LogP contribution in [0.3, 0.4) is 0 Å². The van der Waals surface area contributed by atoms with Crippen molar-refractivity contribution in [3.05, 3.63) is 35.9 Å². The van der Waals surface area contributed by atoms with Gasteiger partial charge in [-0.05, 0) is 30.4 Å². The molecule has 1 aliphatic carbocycles. The zero-order valence-electron chi connectivity index (χ0n) is 8.55. The van der Waals surface area contributed by atoms with Gasteiger partial charge < -0.3 is 4.74 Å². The lowest BCUT2D eigenvalue weighted by Gasteiger charge is -2.14. The van der Waals surface area contributed by atoms with Crippen molar-refractivity contribution in [3.8, 4) is 5.75 Å². The highest BCUT2D eigenvalue weighted by molar-refractivity contribution is 5.59. The monoisotopic (exact) mass is 228 g/mol. The third-order valence-electron chi connectivity index (χ3n) is 2.53. The Kier molecular flexibility index (Phi) is 2.66. The van der Waals surface area contributed by atoms with E-state index >= 15 is 0 Å². The molecule has 1 aromatic rings. The maximum Gasteiger partial charge on any atom is 0.573 e. The summed E-state index contributed by atoms with van der Waals surface area (Å²) in [5.41, 5.74) is 1.36. The maximum absolute atomic E-state index is 12.2. The van der Waals surface area contributed by atoms with Crippen LogP contribution in [0.15, 0.2) is 24.8 Å². The van der Waals surface area contributed by atoms with Gasteiger partial charge in [0.05, 0.1) is 0 Å². The Morgan fingerprint density at radius 1 is 1.31 bits per heavy atom. The quantitative estimate of drug-likeness (QED) is 0.756. The van der Waals surface area contributed by atoms with E-state index in [0.29, 0.717) is 5.56 Å². The molecule has 1 aliphatic rings. The number of hydrogen-bond donors (Lipinski definition) is 0. The Balaban J connectivity index is 2.39. The van der Waals surface area contributed by atoms with Crippen LogP contribution in [0.5, 0.6) is 5.75 Å². The van der Waals surface area contributed by atoms with Gasteiger partial charge in [-0.15, -0.1) is 13.2 Å². The summed E-state index contributed by atoms with van der Waals surface area (Å²) in [6.45, 7) is 3.60. The zero-order valence-corrected chi connectivity index (χ0v) is 8.55. The van der Waals surface area contributed by atoms with Crippen molar-refractivity contribution in [1.29, 1.82) is 0 Å². The van der Waals surface area contributed by atoms with E-state index in [0.717, 1.165) is 18.4 Å². The summed E-state index contributed by atoms with van der Waals surface area (Å²) >= 11 is 0. The number of alkyl halides is 3. The molecule has 1 saturated carbocycles. The molecule has 2 rings (SSSR count). The molecule has 0 bridgehead atoms. The lowest BCUT2D eigenvalue weighted by molar-refractivity contribution is -0.274. The predicted octanol–water partition coefficient (Wildman–Crippen LogP) is 4.11. The number of ether oxygens (including phenoxy) is 1. The van der Waals surface area contributed by atoms with Gasteiger partial charge >= 0.3 is 6.36 Å². The van der Waals surface area contributed by atoms with Gasteiger partial charge in [0.1, 0.15) is 5.75 Å². The highest BCUT2D eigenvalue weighted by Gasteiger charge is 2.35. The highest BCUT2D eigenvalue weighted by atomic mass is 19.4. The minimum Gasteiger partial charge on any atom is -0.405 e. The van der Waals surface area contributed by atoms with E-state index < -0.39 is 6.36 Å². The Bertz CT molecular complexity index is 405. The minimum absolute atomic E-state index is 0.0904. The van der Waals surface area contributed by atoms with E-state index in [9.17, 15) is 13.2 Å². The summed E-state index contributed by atoms with van der Waals surface area (Å²) in [6, 6.07) is 4.65. The van der Waals surface area contributed by atoms with Gasteiger partial charge in [0.15, 0.2) is 0 Å². The third-order valence-corrected chi connectivity index (χ3v) is 2.53. The van der Waals surface area contributed by atoms with Crippen LogP contribution in [-0.4, -0.2) is 6.36 Å². The van der Waals surface area contributed by atoms with E-state index in [2.05, 4.69) is 11.3 Å². The molecule has 1 fully saturated rings. The van der Waals surface area contributed by atoms with Crippen molar-refractivity contribution in [2.24, 2.45) is 0 Å². The van der Waals surface area contributed by atoms with E-state index in [1.165, 1.54) is 6.07 Å². The second-order valence-electron chi connectivity index (χ2n) is 3.79. The van der Waals surface area contributed by atoms with Gasteiger partial charge in [-0.1, -0.05) is 24.8 Å². The molecule has 0 aromatic heterocycles. The first-order chi connectivity index (χ1) is 7.51. The van der Waals surface area contributed by atoms with Crippen LogP contribution in [0.4, 0.5) is 13.2 Å². The molecule has 16 heavy (non-hydrogen) atoms. The molecule has 0 heterocycles.